The summed E-state index contributed by atoms with van der Waals surface area (Å²) in [6, 6.07) is 11.5. The molecular formula is C20H20N2O6. The molecule has 2 aliphatic rings. The summed E-state index contributed by atoms with van der Waals surface area (Å²) in [7, 11) is 0. The van der Waals surface area contributed by atoms with E-state index in [2.05, 4.69) is 0 Å². The van der Waals surface area contributed by atoms with Crippen LogP contribution in [0.3, 0.4) is 0 Å². The predicted molar refractivity (Wildman–Crippen MR) is 96.3 cm³/mol. The number of hydrogen-bond donors (Lipinski definition) is 1. The van der Waals surface area contributed by atoms with Gasteiger partial charge < -0.3 is 19.2 Å². The first kappa shape index (κ1) is 18.1. The summed E-state index contributed by atoms with van der Waals surface area (Å²) >= 11 is 0. The largest absolute Gasteiger partial charge is 0.480 e. The van der Waals surface area contributed by atoms with E-state index in [0.29, 0.717) is 12.8 Å². The molecule has 0 spiro atoms. The van der Waals surface area contributed by atoms with Gasteiger partial charge in [0.2, 0.25) is 5.91 Å². The topological polar surface area (TPSA) is 100 Å². The number of rotatable bonds is 7. The van der Waals surface area contributed by atoms with Crippen molar-refractivity contribution in [3.63, 3.8) is 0 Å². The molecule has 0 aliphatic carbocycles. The number of ether oxygens (including phenoxy) is 1. The number of β-lactam (4-membered cyclic amide) rings is 1. The zero-order chi connectivity index (χ0) is 19.7. The van der Waals surface area contributed by atoms with Crippen LogP contribution in [0.4, 0.5) is 4.79 Å². The molecule has 0 radical (unpaired) electrons. The quantitative estimate of drug-likeness (QED) is 0.734. The first-order chi connectivity index (χ1) is 13.6. The van der Waals surface area contributed by atoms with Gasteiger partial charge in [-0.2, -0.15) is 0 Å². The zero-order valence-electron chi connectivity index (χ0n) is 15.1. The monoisotopic (exact) mass is 384 g/mol. The van der Waals surface area contributed by atoms with Crippen LogP contribution in [-0.4, -0.2) is 58.1 Å². The summed E-state index contributed by atoms with van der Waals surface area (Å²) in [4.78, 5) is 39.2. The highest BCUT2D eigenvalue weighted by Gasteiger charge is 2.56. The van der Waals surface area contributed by atoms with E-state index in [1.54, 1.807) is 12.3 Å². The molecule has 2 saturated heterocycles. The highest BCUT2D eigenvalue weighted by molar-refractivity contribution is 5.95. The molecule has 8 nitrogen and oxygen atoms in total. The summed E-state index contributed by atoms with van der Waals surface area (Å²) in [5.41, 5.74) is 0.877. The standard InChI is InChI=1S/C20H20N2O6/c23-17(24)11-21-15(9-8-14-7-4-10-27-14)18(19(21)25)22-16(12-28-20(22)26)13-5-2-1-3-6-13/h1-7,10,15-16,18H,8-9,11-12H2,(H,23,24). The second kappa shape index (κ2) is 7.38. The molecule has 0 bridgehead atoms. The van der Waals surface area contributed by atoms with Gasteiger partial charge in [0, 0.05) is 6.42 Å². The second-order valence-corrected chi connectivity index (χ2v) is 6.90. The minimum Gasteiger partial charge on any atom is -0.480 e. The first-order valence-corrected chi connectivity index (χ1v) is 9.11. The molecule has 8 heteroatoms. The van der Waals surface area contributed by atoms with Gasteiger partial charge in [0.25, 0.3) is 0 Å². The molecule has 3 atom stereocenters. The third kappa shape index (κ3) is 3.21. The van der Waals surface area contributed by atoms with Crippen molar-refractivity contribution in [1.82, 2.24) is 9.80 Å². The van der Waals surface area contributed by atoms with Crippen molar-refractivity contribution in [1.29, 1.82) is 0 Å². The minimum atomic E-state index is -1.08. The Morgan fingerprint density at radius 2 is 1.93 bits per heavy atom. The summed E-state index contributed by atoms with van der Waals surface area (Å²) in [5, 5.41) is 9.15. The molecule has 2 aromatic rings. The molecule has 2 amide bonds. The minimum absolute atomic E-state index is 0.163. The number of aliphatic carboxylic acids is 1. The van der Waals surface area contributed by atoms with E-state index < -0.39 is 30.7 Å². The molecular weight excluding hydrogens is 364 g/mol. The van der Waals surface area contributed by atoms with Gasteiger partial charge in [-0.25, -0.2) is 4.79 Å². The Morgan fingerprint density at radius 1 is 1.14 bits per heavy atom. The van der Waals surface area contributed by atoms with Gasteiger partial charge in [0.15, 0.2) is 0 Å². The Kier molecular flexibility index (Phi) is 4.77. The van der Waals surface area contributed by atoms with Crippen molar-refractivity contribution in [2.24, 2.45) is 0 Å². The maximum Gasteiger partial charge on any atom is 0.411 e. The van der Waals surface area contributed by atoms with Crippen LogP contribution >= 0.6 is 0 Å². The molecule has 28 heavy (non-hydrogen) atoms. The van der Waals surface area contributed by atoms with E-state index in [0.717, 1.165) is 11.3 Å². The van der Waals surface area contributed by atoms with Crippen LogP contribution in [0.5, 0.6) is 0 Å². The van der Waals surface area contributed by atoms with Crippen LogP contribution in [0, 0.1) is 0 Å². The molecule has 3 unspecified atom stereocenters. The fraction of sp³-hybridized carbons (Fsp3) is 0.350. The number of likely N-dealkylation sites (tertiary alicyclic amines) is 1. The molecule has 1 aromatic carbocycles. The van der Waals surface area contributed by atoms with Crippen LogP contribution in [0.15, 0.2) is 53.1 Å². The third-order valence-electron chi connectivity index (χ3n) is 5.27. The number of carboxylic acids is 1. The molecule has 0 saturated carbocycles. The number of aryl methyl sites for hydroxylation is 1. The van der Waals surface area contributed by atoms with Gasteiger partial charge in [-0.05, 0) is 24.1 Å². The SMILES string of the molecule is O=C(O)CN1C(=O)C(N2C(=O)OCC2c2ccccc2)C1CCc1ccco1. The summed E-state index contributed by atoms with van der Waals surface area (Å²) in [5.74, 6) is -0.706. The maximum atomic E-state index is 12.8. The van der Waals surface area contributed by atoms with Crippen molar-refractivity contribution in [2.75, 3.05) is 13.2 Å². The Balaban J connectivity index is 1.58. The van der Waals surface area contributed by atoms with E-state index in [1.165, 1.54) is 9.80 Å². The summed E-state index contributed by atoms with van der Waals surface area (Å²) < 4.78 is 10.6. The number of carbonyl (C=O) groups is 3. The van der Waals surface area contributed by atoms with E-state index >= 15 is 0 Å². The van der Waals surface area contributed by atoms with Gasteiger partial charge in [0.1, 0.15) is 25.0 Å². The van der Waals surface area contributed by atoms with Crippen molar-refractivity contribution in [2.45, 2.75) is 31.0 Å². The molecule has 1 aromatic heterocycles. The van der Waals surface area contributed by atoms with E-state index in [4.69, 9.17) is 14.3 Å². The zero-order valence-corrected chi connectivity index (χ0v) is 15.1. The van der Waals surface area contributed by atoms with Crippen LogP contribution in [-0.2, 0) is 20.7 Å². The number of carbonyl (C=O) groups excluding carboxylic acids is 2. The van der Waals surface area contributed by atoms with Gasteiger partial charge in [-0.1, -0.05) is 30.3 Å². The Hall–Kier alpha value is -3.29. The lowest BCUT2D eigenvalue weighted by atomic mass is 9.87. The molecule has 146 valence electrons. The van der Waals surface area contributed by atoms with Crippen LogP contribution in [0.1, 0.15) is 23.8 Å². The molecule has 2 fully saturated rings. The van der Waals surface area contributed by atoms with Gasteiger partial charge in [-0.15, -0.1) is 0 Å². The number of hydrogen-bond acceptors (Lipinski definition) is 5. The fourth-order valence-corrected chi connectivity index (χ4v) is 3.96. The Bertz CT molecular complexity index is 866. The van der Waals surface area contributed by atoms with Crippen molar-refractivity contribution in [3.05, 3.63) is 60.1 Å². The summed E-state index contributed by atoms with van der Waals surface area (Å²) in [6.45, 7) is -0.229. The molecule has 1 N–H and O–H groups in total. The van der Waals surface area contributed by atoms with E-state index in [1.807, 2.05) is 36.4 Å². The average Bonchev–Trinajstić information content (AvgIpc) is 3.33. The predicted octanol–water partition coefficient (Wildman–Crippen LogP) is 2.07. The average molecular weight is 384 g/mol. The number of benzene rings is 1. The number of carboxylic acid groups (broad SMARTS) is 1. The number of cyclic esters (lactones) is 1. The number of amides is 2. The van der Waals surface area contributed by atoms with Crippen LogP contribution in [0.25, 0.3) is 0 Å². The molecule has 3 heterocycles. The number of nitrogens with zero attached hydrogens (tertiary/aromatic N) is 2. The smallest absolute Gasteiger partial charge is 0.411 e. The lowest BCUT2D eigenvalue weighted by molar-refractivity contribution is -0.164. The van der Waals surface area contributed by atoms with Gasteiger partial charge in [-0.3, -0.25) is 14.5 Å². The highest BCUT2D eigenvalue weighted by atomic mass is 16.6. The van der Waals surface area contributed by atoms with E-state index in [9.17, 15) is 14.4 Å². The van der Waals surface area contributed by atoms with Gasteiger partial charge >= 0.3 is 12.1 Å². The fourth-order valence-electron chi connectivity index (χ4n) is 3.96. The summed E-state index contributed by atoms with van der Waals surface area (Å²) in [6.07, 6.45) is 2.04. The number of furan rings is 1. The normalized spacial score (nSPS) is 24.2. The molecule has 4 rings (SSSR count). The van der Waals surface area contributed by atoms with Crippen molar-refractivity contribution >= 4 is 18.0 Å². The second-order valence-electron chi connectivity index (χ2n) is 6.90. The Labute approximate surface area is 161 Å². The lowest BCUT2D eigenvalue weighted by Crippen LogP contribution is -2.71. The maximum absolute atomic E-state index is 12.8. The molecule has 2 aliphatic heterocycles. The van der Waals surface area contributed by atoms with E-state index in [-0.39, 0.29) is 18.6 Å². The van der Waals surface area contributed by atoms with Crippen LogP contribution < -0.4 is 0 Å². The van der Waals surface area contributed by atoms with Crippen molar-refractivity contribution < 1.29 is 28.6 Å². The van der Waals surface area contributed by atoms with Crippen LogP contribution in [0.2, 0.25) is 0 Å². The lowest BCUT2D eigenvalue weighted by Gasteiger charge is -2.50. The third-order valence-corrected chi connectivity index (χ3v) is 5.27. The van der Waals surface area contributed by atoms with Gasteiger partial charge in [0.05, 0.1) is 18.3 Å². The Morgan fingerprint density at radius 3 is 2.61 bits per heavy atom. The first-order valence-electron chi connectivity index (χ1n) is 9.11. The van der Waals surface area contributed by atoms with Crippen molar-refractivity contribution in [3.8, 4) is 0 Å². The highest BCUT2D eigenvalue weighted by Crippen LogP contribution is 2.37.